The lowest BCUT2D eigenvalue weighted by Crippen LogP contribution is -1.97. The van der Waals surface area contributed by atoms with Gasteiger partial charge in [0.1, 0.15) is 28.8 Å². The molecular formula is C53H90O5. The Kier molecular flexibility index (Phi) is 33.1. The number of hydrogen-bond acceptors (Lipinski definition) is 5. The number of hydrogen-bond donors (Lipinski definition) is 2. The van der Waals surface area contributed by atoms with Gasteiger partial charge >= 0.3 is 0 Å². The molecule has 2 rings (SSSR count). The highest BCUT2D eigenvalue weighted by atomic mass is 16.5. The van der Waals surface area contributed by atoms with Crippen LogP contribution in [0.4, 0.5) is 0 Å². The maximum atomic E-state index is 12.3. The van der Waals surface area contributed by atoms with Crippen LogP contribution in [0.2, 0.25) is 0 Å². The first-order valence-corrected chi connectivity index (χ1v) is 24.9. The summed E-state index contributed by atoms with van der Waals surface area (Å²) >= 11 is 0. The fourth-order valence-electron chi connectivity index (χ4n) is 8.37. The Morgan fingerprint density at radius 3 is 0.862 bits per heavy atom. The fourth-order valence-corrected chi connectivity index (χ4v) is 8.37. The van der Waals surface area contributed by atoms with Crippen molar-refractivity contribution in [2.24, 2.45) is 0 Å². The summed E-state index contributed by atoms with van der Waals surface area (Å²) in [6.45, 7) is 5.17. The van der Waals surface area contributed by atoms with E-state index in [1.165, 1.54) is 180 Å². The second-order valence-electron chi connectivity index (χ2n) is 17.3. The van der Waals surface area contributed by atoms with Crippen LogP contribution in [0.15, 0.2) is 36.4 Å². The van der Waals surface area contributed by atoms with Gasteiger partial charge in [0.15, 0.2) is 0 Å². The van der Waals surface area contributed by atoms with Crippen molar-refractivity contribution in [1.82, 2.24) is 0 Å². The number of ether oxygens (including phenoxy) is 2. The van der Waals surface area contributed by atoms with E-state index >= 15 is 0 Å². The van der Waals surface area contributed by atoms with Gasteiger partial charge in [0.2, 0.25) is 0 Å². The lowest BCUT2D eigenvalue weighted by Gasteiger charge is -2.08. The van der Waals surface area contributed by atoms with E-state index in [1.807, 2.05) is 38.1 Å². The molecule has 2 aromatic carbocycles. The number of aromatic hydroxyl groups is 2. The van der Waals surface area contributed by atoms with Crippen LogP contribution in [0, 0.1) is 0 Å². The average Bonchev–Trinajstić information content (AvgIpc) is 3.21. The number of carbonyl (C=O) groups is 1. The number of phenols is 2. The summed E-state index contributed by atoms with van der Waals surface area (Å²) < 4.78 is 10.9. The molecule has 0 fully saturated rings. The largest absolute Gasteiger partial charge is 0.508 e. The zero-order valence-electron chi connectivity index (χ0n) is 38.0. The monoisotopic (exact) mass is 807 g/mol. The Hall–Kier alpha value is -2.69. The summed E-state index contributed by atoms with van der Waals surface area (Å²) in [5, 5.41) is 20.4. The van der Waals surface area contributed by atoms with E-state index in [0.29, 0.717) is 30.5 Å². The minimum atomic E-state index is 0.371. The van der Waals surface area contributed by atoms with Gasteiger partial charge in [-0.15, -0.1) is 0 Å². The predicted molar refractivity (Wildman–Crippen MR) is 248 cm³/mol. The van der Waals surface area contributed by atoms with Crippen molar-refractivity contribution in [1.29, 1.82) is 0 Å². The molecule has 0 unspecified atom stereocenters. The van der Waals surface area contributed by atoms with Crippen molar-refractivity contribution < 1.29 is 24.5 Å². The van der Waals surface area contributed by atoms with Gasteiger partial charge < -0.3 is 19.7 Å². The van der Waals surface area contributed by atoms with E-state index in [9.17, 15) is 15.0 Å². The molecule has 332 valence electrons. The molecule has 0 saturated heterocycles. The summed E-state index contributed by atoms with van der Waals surface area (Å²) in [5.74, 6) is 2.75. The summed E-state index contributed by atoms with van der Waals surface area (Å²) in [5.41, 5.74) is 2.08. The molecule has 0 atom stereocenters. The molecule has 0 aliphatic heterocycles. The molecular weight excluding hydrogens is 717 g/mol. The van der Waals surface area contributed by atoms with Gasteiger partial charge in [-0.05, 0) is 75.6 Å². The molecule has 0 spiro atoms. The van der Waals surface area contributed by atoms with Gasteiger partial charge in [-0.3, -0.25) is 4.79 Å². The number of Topliss-reactive ketones (excluding diaryl/α,β-unsaturated/α-hetero) is 1. The highest BCUT2D eigenvalue weighted by Gasteiger charge is 2.06. The molecule has 58 heavy (non-hydrogen) atoms. The molecule has 0 saturated carbocycles. The molecule has 5 nitrogen and oxygen atoms in total. The zero-order chi connectivity index (χ0) is 41.6. The predicted octanol–water partition coefficient (Wildman–Crippen LogP) is 16.5. The second-order valence-corrected chi connectivity index (χ2v) is 17.3. The molecule has 0 radical (unpaired) electrons. The van der Waals surface area contributed by atoms with E-state index in [1.54, 1.807) is 12.1 Å². The molecule has 0 bridgehead atoms. The van der Waals surface area contributed by atoms with Crippen LogP contribution in [0.3, 0.4) is 0 Å². The van der Waals surface area contributed by atoms with E-state index in [4.69, 9.17) is 9.47 Å². The Labute approximate surface area is 357 Å². The molecule has 0 heterocycles. The summed E-state index contributed by atoms with van der Waals surface area (Å²) in [6, 6.07) is 11.4. The first kappa shape index (κ1) is 51.5. The number of phenolic OH excluding ortho intramolecular Hbond substituents is 2. The lowest BCUT2D eigenvalue weighted by atomic mass is 10.0. The van der Waals surface area contributed by atoms with Gasteiger partial charge in [-0.25, -0.2) is 0 Å². The van der Waals surface area contributed by atoms with E-state index in [2.05, 4.69) is 0 Å². The van der Waals surface area contributed by atoms with E-state index in [0.717, 1.165) is 74.0 Å². The van der Waals surface area contributed by atoms with Gasteiger partial charge in [0, 0.05) is 25.0 Å². The number of benzene rings is 2. The molecule has 2 N–H and O–H groups in total. The van der Waals surface area contributed by atoms with Crippen molar-refractivity contribution in [3.05, 3.63) is 47.5 Å². The first-order chi connectivity index (χ1) is 28.5. The SMILES string of the molecule is CCOc1ccc(CCCCCCCCCCCCCCCCCCC(=O)CCCCCCCCCCCCCCCCCCc2ccc(OCC)cc2O)c(O)c1. The number of ketones is 1. The minimum Gasteiger partial charge on any atom is -0.508 e. The number of rotatable bonds is 42. The number of aryl methyl sites for hydroxylation is 2. The van der Waals surface area contributed by atoms with Crippen molar-refractivity contribution >= 4 is 5.78 Å². The molecule has 0 aliphatic rings. The lowest BCUT2D eigenvalue weighted by molar-refractivity contribution is -0.119. The smallest absolute Gasteiger partial charge is 0.132 e. The molecule has 0 aromatic heterocycles. The molecule has 0 amide bonds. The highest BCUT2D eigenvalue weighted by Crippen LogP contribution is 2.27. The van der Waals surface area contributed by atoms with Gasteiger partial charge in [0.25, 0.3) is 0 Å². The van der Waals surface area contributed by atoms with Crippen LogP contribution in [0.25, 0.3) is 0 Å². The maximum absolute atomic E-state index is 12.3. The Morgan fingerprint density at radius 1 is 0.379 bits per heavy atom. The van der Waals surface area contributed by atoms with Crippen molar-refractivity contribution in [2.75, 3.05) is 13.2 Å². The zero-order valence-corrected chi connectivity index (χ0v) is 38.0. The Balaban J connectivity index is 1.20. The number of carbonyl (C=O) groups excluding carboxylic acids is 1. The summed E-state index contributed by atoms with van der Waals surface area (Å²) in [4.78, 5) is 12.3. The van der Waals surface area contributed by atoms with Crippen LogP contribution in [-0.4, -0.2) is 29.2 Å². The Bertz CT molecular complexity index is 1150. The van der Waals surface area contributed by atoms with Crippen LogP contribution in [0.1, 0.15) is 243 Å². The van der Waals surface area contributed by atoms with Crippen molar-refractivity contribution in [2.45, 2.75) is 245 Å². The maximum Gasteiger partial charge on any atom is 0.132 e. The van der Waals surface area contributed by atoms with Gasteiger partial charge in [-0.2, -0.15) is 0 Å². The third-order valence-corrected chi connectivity index (χ3v) is 12.0. The summed E-state index contributed by atoms with van der Waals surface area (Å²) in [7, 11) is 0. The third kappa shape index (κ3) is 28.7. The number of unbranched alkanes of at least 4 members (excludes halogenated alkanes) is 30. The van der Waals surface area contributed by atoms with E-state index < -0.39 is 0 Å². The van der Waals surface area contributed by atoms with Crippen LogP contribution in [-0.2, 0) is 17.6 Å². The standard InChI is InChI=1S/C53H90O5/c1-3-57-50-43-41-47(52(55)45-50)37-33-29-25-21-17-13-9-5-7-11-15-19-23-27-31-35-39-49(54)40-36-32-28-24-20-16-12-8-6-10-14-18-22-26-30-34-38-48-42-44-51(58-4-2)46-53(48)56/h41-46,55-56H,3-40H2,1-2H3. The second kappa shape index (κ2) is 37.3. The molecule has 2 aromatic rings. The molecule has 5 heteroatoms. The van der Waals surface area contributed by atoms with Crippen LogP contribution < -0.4 is 9.47 Å². The third-order valence-electron chi connectivity index (χ3n) is 12.0. The van der Waals surface area contributed by atoms with E-state index in [-0.39, 0.29) is 0 Å². The van der Waals surface area contributed by atoms with Crippen molar-refractivity contribution in [3.63, 3.8) is 0 Å². The topological polar surface area (TPSA) is 76.0 Å². The average molecular weight is 807 g/mol. The molecule has 0 aliphatic carbocycles. The van der Waals surface area contributed by atoms with Crippen molar-refractivity contribution in [3.8, 4) is 23.0 Å². The van der Waals surface area contributed by atoms with Crippen LogP contribution in [0.5, 0.6) is 23.0 Å². The fraction of sp³-hybridized carbons (Fsp3) is 0.755. The Morgan fingerprint density at radius 2 is 0.621 bits per heavy atom. The summed E-state index contributed by atoms with van der Waals surface area (Å²) in [6.07, 6.45) is 45.7. The quantitative estimate of drug-likeness (QED) is 0.0654. The van der Waals surface area contributed by atoms with Gasteiger partial charge in [-0.1, -0.05) is 192 Å². The minimum absolute atomic E-state index is 0.371. The highest BCUT2D eigenvalue weighted by molar-refractivity contribution is 5.78. The normalized spacial score (nSPS) is 11.3. The van der Waals surface area contributed by atoms with Crippen LogP contribution >= 0.6 is 0 Å². The van der Waals surface area contributed by atoms with Gasteiger partial charge in [0.05, 0.1) is 13.2 Å². The first-order valence-electron chi connectivity index (χ1n) is 24.9.